The number of imide groups is 1. The number of anilines is 1. The van der Waals surface area contributed by atoms with Crippen LogP contribution in [0.4, 0.5) is 10.5 Å². The highest BCUT2D eigenvalue weighted by atomic mass is 35.5. The number of aliphatic hydroxyl groups is 1. The Hall–Kier alpha value is -2.58. The number of likely N-dealkylation sites (N-methyl/N-ethyl adjacent to an activating group) is 1. The van der Waals surface area contributed by atoms with E-state index in [2.05, 4.69) is 0 Å². The van der Waals surface area contributed by atoms with Gasteiger partial charge in [0.05, 0.1) is 5.69 Å². The second-order valence-electron chi connectivity index (χ2n) is 7.51. The van der Waals surface area contributed by atoms with E-state index in [1.165, 1.54) is 9.80 Å². The molecule has 9 heteroatoms. The zero-order valence-electron chi connectivity index (χ0n) is 16.9. The molecule has 1 N–H and O–H groups in total. The number of hydrogen-bond donors (Lipinski definition) is 1. The molecule has 0 aliphatic carbocycles. The summed E-state index contributed by atoms with van der Waals surface area (Å²) in [6, 6.07) is 4.68. The maximum absolute atomic E-state index is 13.2. The maximum Gasteiger partial charge on any atom is 0.328 e. The minimum atomic E-state index is -0.620. The number of guanidine groups is 1. The van der Waals surface area contributed by atoms with Crippen molar-refractivity contribution < 1.29 is 14.7 Å². The van der Waals surface area contributed by atoms with E-state index in [0.717, 1.165) is 22.6 Å². The quantitative estimate of drug-likeness (QED) is 0.813. The van der Waals surface area contributed by atoms with Crippen LogP contribution in [0.1, 0.15) is 25.8 Å². The van der Waals surface area contributed by atoms with Crippen molar-refractivity contribution in [3.8, 4) is 0 Å². The van der Waals surface area contributed by atoms with Crippen LogP contribution in [0.15, 0.2) is 34.6 Å². The van der Waals surface area contributed by atoms with E-state index in [-0.39, 0.29) is 25.1 Å². The molecule has 8 nitrogen and oxygen atoms in total. The summed E-state index contributed by atoms with van der Waals surface area (Å²) in [4.78, 5) is 37.4. The average Bonchev–Trinajstić information content (AvgIpc) is 3.19. The molecule has 1 aromatic carbocycles. The smallest absolute Gasteiger partial charge is 0.328 e. The molecule has 3 amide bonds. The van der Waals surface area contributed by atoms with Crippen molar-refractivity contribution in [2.24, 2.45) is 4.99 Å². The summed E-state index contributed by atoms with van der Waals surface area (Å²) in [5.74, 6) is 0.333. The Balaban J connectivity index is 1.77. The number of aliphatic imine (C=N–C) groups is 1. The first-order valence-electron chi connectivity index (χ1n) is 9.58. The number of aliphatic hydroxyl groups excluding tert-OH is 1. The van der Waals surface area contributed by atoms with E-state index in [0.29, 0.717) is 17.4 Å². The van der Waals surface area contributed by atoms with Crippen LogP contribution in [0, 0.1) is 6.92 Å². The first-order chi connectivity index (χ1) is 13.8. The van der Waals surface area contributed by atoms with Gasteiger partial charge in [0.25, 0.3) is 5.91 Å². The second kappa shape index (κ2) is 7.03. The molecule has 4 rings (SSSR count). The Bertz CT molecular complexity index is 959. The third-order valence-electron chi connectivity index (χ3n) is 5.91. The van der Waals surface area contributed by atoms with Gasteiger partial charge in [0.2, 0.25) is 5.96 Å². The van der Waals surface area contributed by atoms with Crippen molar-refractivity contribution in [2.45, 2.75) is 39.4 Å². The van der Waals surface area contributed by atoms with Crippen LogP contribution in [0.5, 0.6) is 0 Å². The normalized spacial score (nSPS) is 23.9. The van der Waals surface area contributed by atoms with E-state index < -0.39 is 12.2 Å². The fourth-order valence-corrected chi connectivity index (χ4v) is 4.34. The highest BCUT2D eigenvalue weighted by molar-refractivity contribution is 6.32. The predicted octanol–water partition coefficient (Wildman–Crippen LogP) is 2.36. The molecule has 154 valence electrons. The monoisotopic (exact) mass is 417 g/mol. The number of benzene rings is 1. The SMILES string of the molecule is CC1=C(C)N2C(=NC3C2C(=O)N(CCCO)C(=O)N3C)N1c1cccc(Cl)c1C. The Morgan fingerprint density at radius 2 is 1.90 bits per heavy atom. The molecule has 0 aromatic heterocycles. The number of halogens is 1. The highest BCUT2D eigenvalue weighted by Crippen LogP contribution is 2.41. The lowest BCUT2D eigenvalue weighted by atomic mass is 10.1. The molecule has 2 unspecified atom stereocenters. The zero-order valence-corrected chi connectivity index (χ0v) is 17.6. The summed E-state index contributed by atoms with van der Waals surface area (Å²) in [7, 11) is 1.66. The van der Waals surface area contributed by atoms with Crippen molar-refractivity contribution in [1.82, 2.24) is 14.7 Å². The number of hydrogen-bond acceptors (Lipinski definition) is 6. The Morgan fingerprint density at radius 1 is 1.17 bits per heavy atom. The highest BCUT2D eigenvalue weighted by Gasteiger charge is 2.55. The Morgan fingerprint density at radius 3 is 2.59 bits per heavy atom. The maximum atomic E-state index is 13.2. The molecule has 29 heavy (non-hydrogen) atoms. The van der Waals surface area contributed by atoms with Crippen LogP contribution in [0.25, 0.3) is 0 Å². The molecule has 3 aliphatic rings. The van der Waals surface area contributed by atoms with Crippen LogP contribution < -0.4 is 4.90 Å². The predicted molar refractivity (Wildman–Crippen MR) is 110 cm³/mol. The van der Waals surface area contributed by atoms with Gasteiger partial charge < -0.3 is 10.0 Å². The number of urea groups is 1. The van der Waals surface area contributed by atoms with E-state index in [9.17, 15) is 9.59 Å². The molecule has 3 aliphatic heterocycles. The van der Waals surface area contributed by atoms with Gasteiger partial charge in [0.1, 0.15) is 0 Å². The molecule has 1 aromatic rings. The fraction of sp³-hybridized carbons (Fsp3) is 0.450. The van der Waals surface area contributed by atoms with Gasteiger partial charge in [-0.05, 0) is 44.9 Å². The number of amides is 3. The fourth-order valence-electron chi connectivity index (χ4n) is 4.17. The van der Waals surface area contributed by atoms with Crippen molar-refractivity contribution in [2.75, 3.05) is 25.1 Å². The van der Waals surface area contributed by atoms with Gasteiger partial charge in [0, 0.05) is 36.6 Å². The van der Waals surface area contributed by atoms with E-state index >= 15 is 0 Å². The lowest BCUT2D eigenvalue weighted by Crippen LogP contribution is -2.64. The molecule has 0 spiro atoms. The average molecular weight is 418 g/mol. The summed E-state index contributed by atoms with van der Waals surface area (Å²) in [5.41, 5.74) is 3.68. The number of nitrogens with zero attached hydrogens (tertiary/aromatic N) is 5. The standard InChI is InChI=1S/C20H24ClN5O3/c1-11-14(21)7-5-8-15(11)25-12(2)13(3)26-16-17(22-19(25)26)23(4)20(29)24(18(16)28)9-6-10-27/h5,7-8,16-17,27H,6,9-10H2,1-4H3. The minimum absolute atomic E-state index is 0.0831. The number of rotatable bonds is 4. The molecular formula is C20H24ClN5O3. The molecule has 0 saturated carbocycles. The van der Waals surface area contributed by atoms with Gasteiger partial charge >= 0.3 is 6.03 Å². The van der Waals surface area contributed by atoms with Crippen LogP contribution in [0.2, 0.25) is 5.02 Å². The number of carbonyl (C=O) groups excluding carboxylic acids is 2. The van der Waals surface area contributed by atoms with Crippen LogP contribution in [-0.4, -0.2) is 70.1 Å². The number of fused-ring (bicyclic) bond motifs is 3. The van der Waals surface area contributed by atoms with Crippen molar-refractivity contribution in [3.05, 3.63) is 40.2 Å². The third-order valence-corrected chi connectivity index (χ3v) is 6.32. The molecule has 0 radical (unpaired) electrons. The summed E-state index contributed by atoms with van der Waals surface area (Å²) in [6.07, 6.45) is -0.251. The molecule has 1 fully saturated rings. The van der Waals surface area contributed by atoms with Gasteiger partial charge in [-0.2, -0.15) is 0 Å². The van der Waals surface area contributed by atoms with Crippen LogP contribution >= 0.6 is 11.6 Å². The van der Waals surface area contributed by atoms with Crippen molar-refractivity contribution in [1.29, 1.82) is 0 Å². The van der Waals surface area contributed by atoms with Gasteiger partial charge in [-0.3, -0.25) is 19.5 Å². The van der Waals surface area contributed by atoms with E-state index in [1.807, 2.05) is 48.8 Å². The Kier molecular flexibility index (Phi) is 4.78. The molecular weight excluding hydrogens is 394 g/mol. The molecule has 2 atom stereocenters. The molecule has 1 saturated heterocycles. The Labute approximate surface area is 174 Å². The molecule has 0 bridgehead atoms. The minimum Gasteiger partial charge on any atom is -0.396 e. The summed E-state index contributed by atoms with van der Waals surface area (Å²) in [6.45, 7) is 5.99. The summed E-state index contributed by atoms with van der Waals surface area (Å²) < 4.78 is 0. The third kappa shape index (κ3) is 2.73. The van der Waals surface area contributed by atoms with Crippen molar-refractivity contribution in [3.63, 3.8) is 0 Å². The number of carbonyl (C=O) groups is 2. The zero-order chi connectivity index (χ0) is 21.0. The first kappa shape index (κ1) is 19.7. The first-order valence-corrected chi connectivity index (χ1v) is 9.96. The second-order valence-corrected chi connectivity index (χ2v) is 7.92. The van der Waals surface area contributed by atoms with Gasteiger partial charge in [-0.15, -0.1) is 0 Å². The molecule has 3 heterocycles. The lowest BCUT2D eigenvalue weighted by molar-refractivity contribution is -0.136. The van der Waals surface area contributed by atoms with Gasteiger partial charge in [-0.1, -0.05) is 17.7 Å². The van der Waals surface area contributed by atoms with Crippen LogP contribution in [0.3, 0.4) is 0 Å². The summed E-state index contributed by atoms with van der Waals surface area (Å²) >= 11 is 6.34. The van der Waals surface area contributed by atoms with Gasteiger partial charge in [-0.25, -0.2) is 9.79 Å². The van der Waals surface area contributed by atoms with E-state index in [4.69, 9.17) is 21.7 Å². The van der Waals surface area contributed by atoms with Crippen molar-refractivity contribution >= 4 is 35.2 Å². The largest absolute Gasteiger partial charge is 0.396 e. The van der Waals surface area contributed by atoms with E-state index in [1.54, 1.807) is 7.05 Å². The number of allylic oxidation sites excluding steroid dienone is 2. The van der Waals surface area contributed by atoms with Gasteiger partial charge in [0.15, 0.2) is 12.2 Å². The van der Waals surface area contributed by atoms with Crippen LogP contribution in [-0.2, 0) is 4.79 Å². The summed E-state index contributed by atoms with van der Waals surface area (Å²) in [5, 5.41) is 9.79. The lowest BCUT2D eigenvalue weighted by Gasteiger charge is -2.40. The topological polar surface area (TPSA) is 79.7 Å².